The SMILES string of the molecule is C1=[N+](CCc2cnc[nH]2)CCc2ccccc21. The van der Waals surface area contributed by atoms with Crippen LogP contribution in [-0.4, -0.2) is 33.8 Å². The van der Waals surface area contributed by atoms with Crippen LogP contribution in [0.1, 0.15) is 16.8 Å². The van der Waals surface area contributed by atoms with Crippen LogP contribution in [0.15, 0.2) is 36.8 Å². The molecule has 0 atom stereocenters. The number of nitrogens with one attached hydrogen (secondary N) is 1. The number of hydrogen-bond acceptors (Lipinski definition) is 1. The van der Waals surface area contributed by atoms with Gasteiger partial charge in [-0.1, -0.05) is 18.2 Å². The fourth-order valence-electron chi connectivity index (χ4n) is 2.27. The third-order valence-corrected chi connectivity index (χ3v) is 3.27. The van der Waals surface area contributed by atoms with E-state index in [0.717, 1.165) is 25.9 Å². The number of benzene rings is 1. The first-order valence-corrected chi connectivity index (χ1v) is 6.06. The Bertz CT molecular complexity index is 526. The normalized spacial score (nSPS) is 14.2. The Labute approximate surface area is 101 Å². The van der Waals surface area contributed by atoms with Gasteiger partial charge in [-0.15, -0.1) is 0 Å². The molecule has 0 bridgehead atoms. The molecule has 1 aromatic heterocycles. The van der Waals surface area contributed by atoms with E-state index in [0.29, 0.717) is 0 Å². The van der Waals surface area contributed by atoms with E-state index in [-0.39, 0.29) is 0 Å². The summed E-state index contributed by atoms with van der Waals surface area (Å²) in [5.41, 5.74) is 4.03. The van der Waals surface area contributed by atoms with Gasteiger partial charge in [0.15, 0.2) is 6.21 Å². The third-order valence-electron chi connectivity index (χ3n) is 3.27. The lowest BCUT2D eigenvalue weighted by molar-refractivity contribution is -0.523. The summed E-state index contributed by atoms with van der Waals surface area (Å²) >= 11 is 0. The molecule has 0 aliphatic carbocycles. The minimum atomic E-state index is 1.03. The molecule has 2 heterocycles. The number of nitrogens with zero attached hydrogens (tertiary/aromatic N) is 2. The van der Waals surface area contributed by atoms with Crippen LogP contribution in [0.5, 0.6) is 0 Å². The van der Waals surface area contributed by atoms with Crippen molar-refractivity contribution in [1.29, 1.82) is 0 Å². The zero-order valence-corrected chi connectivity index (χ0v) is 9.76. The quantitative estimate of drug-likeness (QED) is 0.793. The maximum absolute atomic E-state index is 4.04. The van der Waals surface area contributed by atoms with Gasteiger partial charge in [0, 0.05) is 30.3 Å². The van der Waals surface area contributed by atoms with E-state index in [1.807, 2.05) is 6.20 Å². The first-order valence-electron chi connectivity index (χ1n) is 6.06. The molecule has 0 saturated carbocycles. The highest BCUT2D eigenvalue weighted by atomic mass is 15.0. The molecule has 3 nitrogen and oxygen atoms in total. The van der Waals surface area contributed by atoms with E-state index >= 15 is 0 Å². The maximum atomic E-state index is 4.04. The number of H-pyrrole nitrogens is 1. The number of rotatable bonds is 3. The van der Waals surface area contributed by atoms with Crippen molar-refractivity contribution in [3.8, 4) is 0 Å². The van der Waals surface area contributed by atoms with Gasteiger partial charge in [-0.05, 0) is 11.6 Å². The summed E-state index contributed by atoms with van der Waals surface area (Å²) in [6.07, 6.45) is 8.09. The van der Waals surface area contributed by atoms with Gasteiger partial charge >= 0.3 is 0 Å². The van der Waals surface area contributed by atoms with Crippen LogP contribution >= 0.6 is 0 Å². The molecule has 0 saturated heterocycles. The molecule has 0 amide bonds. The Kier molecular flexibility index (Phi) is 2.74. The van der Waals surface area contributed by atoms with Gasteiger partial charge in [0.05, 0.1) is 6.33 Å². The molecule has 1 N–H and O–H groups in total. The summed E-state index contributed by atoms with van der Waals surface area (Å²) in [5, 5.41) is 0. The van der Waals surface area contributed by atoms with Crippen molar-refractivity contribution in [3.63, 3.8) is 0 Å². The lowest BCUT2D eigenvalue weighted by Gasteiger charge is -2.11. The zero-order valence-electron chi connectivity index (χ0n) is 9.76. The van der Waals surface area contributed by atoms with Crippen LogP contribution in [0.2, 0.25) is 0 Å². The molecule has 1 aromatic carbocycles. The number of fused-ring (bicyclic) bond motifs is 1. The smallest absolute Gasteiger partial charge is 0.170 e. The second-order valence-electron chi connectivity index (χ2n) is 4.44. The van der Waals surface area contributed by atoms with Crippen LogP contribution in [0, 0.1) is 0 Å². The van der Waals surface area contributed by atoms with Gasteiger partial charge in [-0.3, -0.25) is 0 Å². The Hall–Kier alpha value is -1.90. The lowest BCUT2D eigenvalue weighted by Crippen LogP contribution is -2.24. The minimum absolute atomic E-state index is 1.03. The van der Waals surface area contributed by atoms with Crippen molar-refractivity contribution in [3.05, 3.63) is 53.6 Å². The fourth-order valence-corrected chi connectivity index (χ4v) is 2.27. The molecule has 0 radical (unpaired) electrons. The Morgan fingerprint density at radius 3 is 3.12 bits per heavy atom. The topological polar surface area (TPSA) is 31.7 Å². The first-order chi connectivity index (χ1) is 8.42. The Morgan fingerprint density at radius 2 is 2.24 bits per heavy atom. The van der Waals surface area contributed by atoms with Gasteiger partial charge < -0.3 is 4.98 Å². The predicted molar refractivity (Wildman–Crippen MR) is 67.6 cm³/mol. The van der Waals surface area contributed by atoms with E-state index < -0.39 is 0 Å². The van der Waals surface area contributed by atoms with Gasteiger partial charge in [0.2, 0.25) is 0 Å². The largest absolute Gasteiger partial charge is 0.348 e. The molecule has 17 heavy (non-hydrogen) atoms. The summed E-state index contributed by atoms with van der Waals surface area (Å²) in [6.45, 7) is 2.17. The van der Waals surface area contributed by atoms with Gasteiger partial charge in [-0.25, -0.2) is 9.56 Å². The summed E-state index contributed by atoms with van der Waals surface area (Å²) in [5.74, 6) is 0. The number of imidazole rings is 1. The molecule has 0 fully saturated rings. The van der Waals surface area contributed by atoms with Crippen molar-refractivity contribution in [1.82, 2.24) is 9.97 Å². The van der Waals surface area contributed by atoms with Gasteiger partial charge in [0.25, 0.3) is 0 Å². The summed E-state index contributed by atoms with van der Waals surface area (Å²) < 4.78 is 2.39. The molecule has 1 aliphatic heterocycles. The molecule has 0 unspecified atom stereocenters. The maximum Gasteiger partial charge on any atom is 0.170 e. The van der Waals surface area contributed by atoms with Crippen LogP contribution < -0.4 is 0 Å². The van der Waals surface area contributed by atoms with E-state index in [4.69, 9.17) is 0 Å². The zero-order chi connectivity index (χ0) is 11.5. The number of aromatic nitrogens is 2. The minimum Gasteiger partial charge on any atom is -0.348 e. The van der Waals surface area contributed by atoms with Gasteiger partial charge in [-0.2, -0.15) is 0 Å². The van der Waals surface area contributed by atoms with Crippen LogP contribution in [-0.2, 0) is 12.8 Å². The highest BCUT2D eigenvalue weighted by Crippen LogP contribution is 2.11. The summed E-state index contributed by atoms with van der Waals surface area (Å²) in [4.78, 5) is 7.18. The highest BCUT2D eigenvalue weighted by molar-refractivity contribution is 5.78. The predicted octanol–water partition coefficient (Wildman–Crippen LogP) is 1.64. The van der Waals surface area contributed by atoms with Crippen molar-refractivity contribution in [2.45, 2.75) is 12.8 Å². The van der Waals surface area contributed by atoms with E-state index in [1.165, 1.54) is 16.8 Å². The standard InChI is InChI=1S/C14H16N3/c1-2-4-13-10-17(7-5-12(13)3-1)8-6-14-9-15-11-16-14/h1-4,9-11H,5-8H2,(H,15,16)/q+1. The monoisotopic (exact) mass is 226 g/mol. The average Bonchev–Trinajstić information content (AvgIpc) is 2.89. The van der Waals surface area contributed by atoms with E-state index in [1.54, 1.807) is 6.33 Å². The Balaban J connectivity index is 1.71. The van der Waals surface area contributed by atoms with E-state index in [2.05, 4.69) is 45.0 Å². The molecule has 2 aromatic rings. The van der Waals surface area contributed by atoms with Crippen molar-refractivity contribution in [2.24, 2.45) is 0 Å². The van der Waals surface area contributed by atoms with Gasteiger partial charge in [0.1, 0.15) is 13.1 Å². The van der Waals surface area contributed by atoms with E-state index in [9.17, 15) is 0 Å². The second-order valence-corrected chi connectivity index (χ2v) is 4.44. The first kappa shape index (κ1) is 10.3. The third kappa shape index (κ3) is 2.28. The van der Waals surface area contributed by atoms with Crippen LogP contribution in [0.25, 0.3) is 0 Å². The van der Waals surface area contributed by atoms with Crippen molar-refractivity contribution < 1.29 is 4.58 Å². The molecule has 3 heteroatoms. The summed E-state index contributed by atoms with van der Waals surface area (Å²) in [6, 6.07) is 8.64. The van der Waals surface area contributed by atoms with Crippen molar-refractivity contribution in [2.75, 3.05) is 13.1 Å². The van der Waals surface area contributed by atoms with Crippen LogP contribution in [0.4, 0.5) is 0 Å². The molecule has 0 spiro atoms. The molecule has 1 aliphatic rings. The summed E-state index contributed by atoms with van der Waals surface area (Å²) in [7, 11) is 0. The second kappa shape index (κ2) is 4.53. The molecular weight excluding hydrogens is 210 g/mol. The lowest BCUT2D eigenvalue weighted by atomic mass is 10.0. The Morgan fingerprint density at radius 1 is 1.29 bits per heavy atom. The molecular formula is C14H16N3+. The van der Waals surface area contributed by atoms with Crippen LogP contribution in [0.3, 0.4) is 0 Å². The molecule has 86 valence electrons. The van der Waals surface area contributed by atoms with Crippen molar-refractivity contribution >= 4 is 6.21 Å². The number of aromatic amines is 1. The average molecular weight is 226 g/mol. The molecule has 3 rings (SSSR count). The fraction of sp³-hybridized carbons (Fsp3) is 0.286. The highest BCUT2D eigenvalue weighted by Gasteiger charge is 2.14. The number of hydrogen-bond donors (Lipinski definition) is 1.